The first-order valence-electron chi connectivity index (χ1n) is 7.87. The number of guanidine groups is 1. The van der Waals surface area contributed by atoms with E-state index in [4.69, 9.17) is 4.74 Å². The van der Waals surface area contributed by atoms with Crippen LogP contribution in [-0.4, -0.2) is 33.2 Å². The van der Waals surface area contributed by atoms with Crippen molar-refractivity contribution in [1.29, 1.82) is 0 Å². The number of aliphatic imine (C=N–C) groups is 1. The largest absolute Gasteiger partial charge is 0.375 e. The Labute approximate surface area is 156 Å². The van der Waals surface area contributed by atoms with E-state index in [-0.39, 0.29) is 35.9 Å². The minimum Gasteiger partial charge on any atom is -0.375 e. The summed E-state index contributed by atoms with van der Waals surface area (Å²) < 4.78 is 18.5. The summed E-state index contributed by atoms with van der Waals surface area (Å²) in [6.45, 7) is 5.87. The fourth-order valence-electron chi connectivity index (χ4n) is 2.24. The molecule has 0 bridgehead atoms. The molecule has 0 amide bonds. The van der Waals surface area contributed by atoms with Gasteiger partial charge in [0.2, 0.25) is 0 Å². The molecule has 0 spiro atoms. The summed E-state index contributed by atoms with van der Waals surface area (Å²) in [5, 5.41) is 6.59. The topological polar surface area (TPSA) is 45.7 Å². The lowest BCUT2D eigenvalue weighted by atomic mass is 10.0. The van der Waals surface area contributed by atoms with Gasteiger partial charge in [0, 0.05) is 27.2 Å². The standard InChI is InChI=1S/C17H28FN3O.HI/c1-5-13(6-2)11-20-17(19-3)21-12-16(22-4)14-7-9-15(18)10-8-14;/h7-10,13,16H,5-6,11-12H2,1-4H3,(H2,19,20,21);1H. The normalized spacial score (nSPS) is 12.7. The maximum atomic E-state index is 13.0. The van der Waals surface area contributed by atoms with Crippen molar-refractivity contribution in [3.63, 3.8) is 0 Å². The number of nitrogens with zero attached hydrogens (tertiary/aromatic N) is 1. The monoisotopic (exact) mass is 437 g/mol. The number of hydrogen-bond acceptors (Lipinski definition) is 2. The molecule has 0 heterocycles. The van der Waals surface area contributed by atoms with Crippen LogP contribution < -0.4 is 10.6 Å². The van der Waals surface area contributed by atoms with E-state index in [1.165, 1.54) is 12.1 Å². The average molecular weight is 437 g/mol. The quantitative estimate of drug-likeness (QED) is 0.370. The number of hydrogen-bond donors (Lipinski definition) is 2. The molecule has 1 aromatic carbocycles. The molecule has 0 aromatic heterocycles. The Balaban J connectivity index is 0.00000484. The average Bonchev–Trinajstić information content (AvgIpc) is 2.55. The Hall–Kier alpha value is -0.890. The van der Waals surface area contributed by atoms with Crippen LogP contribution in [0.2, 0.25) is 0 Å². The Morgan fingerprint density at radius 3 is 2.17 bits per heavy atom. The summed E-state index contributed by atoms with van der Waals surface area (Å²) in [6.07, 6.45) is 2.15. The van der Waals surface area contributed by atoms with Gasteiger partial charge in [-0.15, -0.1) is 24.0 Å². The molecule has 0 aliphatic heterocycles. The summed E-state index contributed by atoms with van der Waals surface area (Å²) in [6, 6.07) is 6.38. The molecular weight excluding hydrogens is 408 g/mol. The summed E-state index contributed by atoms with van der Waals surface area (Å²) in [5.41, 5.74) is 0.937. The smallest absolute Gasteiger partial charge is 0.191 e. The summed E-state index contributed by atoms with van der Waals surface area (Å²) >= 11 is 0. The fraction of sp³-hybridized carbons (Fsp3) is 0.588. The highest BCUT2D eigenvalue weighted by Gasteiger charge is 2.12. The lowest BCUT2D eigenvalue weighted by Gasteiger charge is -2.20. The lowest BCUT2D eigenvalue weighted by molar-refractivity contribution is 0.106. The Morgan fingerprint density at radius 1 is 1.13 bits per heavy atom. The summed E-state index contributed by atoms with van der Waals surface area (Å²) in [7, 11) is 3.40. The summed E-state index contributed by atoms with van der Waals surface area (Å²) in [4.78, 5) is 4.22. The van der Waals surface area contributed by atoms with Crippen LogP contribution in [-0.2, 0) is 4.74 Å². The molecule has 1 unspecified atom stereocenters. The van der Waals surface area contributed by atoms with Crippen molar-refractivity contribution in [3.8, 4) is 0 Å². The van der Waals surface area contributed by atoms with Crippen molar-refractivity contribution in [1.82, 2.24) is 10.6 Å². The highest BCUT2D eigenvalue weighted by molar-refractivity contribution is 14.0. The molecule has 1 rings (SSSR count). The Kier molecular flexibility index (Phi) is 12.0. The van der Waals surface area contributed by atoms with Crippen LogP contribution in [0.4, 0.5) is 4.39 Å². The minimum atomic E-state index is -0.241. The van der Waals surface area contributed by atoms with Crippen LogP contribution in [0.1, 0.15) is 38.4 Å². The first kappa shape index (κ1) is 22.1. The number of methoxy groups -OCH3 is 1. The van der Waals surface area contributed by atoms with Gasteiger partial charge < -0.3 is 15.4 Å². The van der Waals surface area contributed by atoms with Crippen molar-refractivity contribution in [2.75, 3.05) is 27.2 Å². The van der Waals surface area contributed by atoms with Gasteiger partial charge in [-0.2, -0.15) is 0 Å². The highest BCUT2D eigenvalue weighted by Crippen LogP contribution is 2.16. The second-order valence-corrected chi connectivity index (χ2v) is 5.29. The van der Waals surface area contributed by atoms with Gasteiger partial charge in [-0.3, -0.25) is 4.99 Å². The number of rotatable bonds is 8. The maximum absolute atomic E-state index is 13.0. The predicted molar refractivity (Wildman–Crippen MR) is 105 cm³/mol. The van der Waals surface area contributed by atoms with E-state index in [0.29, 0.717) is 12.5 Å². The third-order valence-corrected chi connectivity index (χ3v) is 3.92. The number of ether oxygens (including phenoxy) is 1. The van der Waals surface area contributed by atoms with E-state index in [1.54, 1.807) is 26.3 Å². The number of benzene rings is 1. The molecule has 0 saturated heterocycles. The predicted octanol–water partition coefficient (Wildman–Crippen LogP) is 3.73. The molecule has 23 heavy (non-hydrogen) atoms. The SMILES string of the molecule is CCC(CC)CNC(=NC)NCC(OC)c1ccc(F)cc1.I. The third kappa shape index (κ3) is 7.97. The molecule has 6 heteroatoms. The molecule has 0 saturated carbocycles. The van der Waals surface area contributed by atoms with E-state index in [2.05, 4.69) is 29.5 Å². The van der Waals surface area contributed by atoms with E-state index >= 15 is 0 Å². The third-order valence-electron chi connectivity index (χ3n) is 3.92. The molecule has 2 N–H and O–H groups in total. The van der Waals surface area contributed by atoms with Gasteiger partial charge in [0.05, 0.1) is 6.10 Å². The number of nitrogens with one attached hydrogen (secondary N) is 2. The van der Waals surface area contributed by atoms with Gasteiger partial charge in [0.1, 0.15) is 5.82 Å². The molecule has 132 valence electrons. The van der Waals surface area contributed by atoms with E-state index < -0.39 is 0 Å². The van der Waals surface area contributed by atoms with Crippen molar-refractivity contribution in [2.24, 2.45) is 10.9 Å². The first-order valence-corrected chi connectivity index (χ1v) is 7.87. The molecular formula is C17H29FIN3O. The molecule has 0 aliphatic carbocycles. The maximum Gasteiger partial charge on any atom is 0.191 e. The van der Waals surface area contributed by atoms with Crippen LogP contribution in [0.3, 0.4) is 0 Å². The zero-order chi connectivity index (χ0) is 16.4. The molecule has 0 aliphatic rings. The van der Waals surface area contributed by atoms with Crippen molar-refractivity contribution in [2.45, 2.75) is 32.8 Å². The van der Waals surface area contributed by atoms with E-state index in [0.717, 1.165) is 30.9 Å². The van der Waals surface area contributed by atoms with Gasteiger partial charge in [0.15, 0.2) is 5.96 Å². The highest BCUT2D eigenvalue weighted by atomic mass is 127. The van der Waals surface area contributed by atoms with Crippen molar-refractivity contribution in [3.05, 3.63) is 35.6 Å². The van der Waals surface area contributed by atoms with Crippen LogP contribution >= 0.6 is 24.0 Å². The van der Waals surface area contributed by atoms with Gasteiger partial charge in [-0.25, -0.2) is 4.39 Å². The van der Waals surface area contributed by atoms with E-state index in [1.807, 2.05) is 0 Å². The minimum absolute atomic E-state index is 0. The van der Waals surface area contributed by atoms with Gasteiger partial charge in [-0.1, -0.05) is 38.8 Å². The Morgan fingerprint density at radius 2 is 1.70 bits per heavy atom. The second-order valence-electron chi connectivity index (χ2n) is 5.29. The number of halogens is 2. The Bertz CT molecular complexity index is 450. The zero-order valence-electron chi connectivity index (χ0n) is 14.4. The van der Waals surface area contributed by atoms with Crippen molar-refractivity contribution < 1.29 is 9.13 Å². The molecule has 1 aromatic rings. The second kappa shape index (κ2) is 12.5. The van der Waals surface area contributed by atoms with Crippen LogP contribution in [0.5, 0.6) is 0 Å². The van der Waals surface area contributed by atoms with Crippen molar-refractivity contribution >= 4 is 29.9 Å². The van der Waals surface area contributed by atoms with Crippen LogP contribution in [0.25, 0.3) is 0 Å². The molecule has 1 atom stereocenters. The summed E-state index contributed by atoms with van der Waals surface area (Å²) in [5.74, 6) is 1.17. The van der Waals surface area contributed by atoms with E-state index in [9.17, 15) is 4.39 Å². The molecule has 0 fully saturated rings. The molecule has 0 radical (unpaired) electrons. The van der Waals surface area contributed by atoms with Crippen LogP contribution in [0, 0.1) is 11.7 Å². The fourth-order valence-corrected chi connectivity index (χ4v) is 2.24. The van der Waals surface area contributed by atoms with Gasteiger partial charge >= 0.3 is 0 Å². The first-order chi connectivity index (χ1) is 10.6. The lowest BCUT2D eigenvalue weighted by Crippen LogP contribution is -2.41. The van der Waals surface area contributed by atoms with Gasteiger partial charge in [0.25, 0.3) is 0 Å². The zero-order valence-corrected chi connectivity index (χ0v) is 16.8. The van der Waals surface area contributed by atoms with Crippen LogP contribution in [0.15, 0.2) is 29.3 Å². The molecule has 4 nitrogen and oxygen atoms in total. The van der Waals surface area contributed by atoms with Gasteiger partial charge in [-0.05, 0) is 23.6 Å².